The van der Waals surface area contributed by atoms with E-state index in [0.717, 1.165) is 44.3 Å². The number of rotatable bonds is 11. The number of hydrogen-bond acceptors (Lipinski definition) is 6. The Morgan fingerprint density at radius 3 is 2.76 bits per heavy atom. The van der Waals surface area contributed by atoms with Gasteiger partial charge in [-0.1, -0.05) is 42.3 Å². The molecule has 1 unspecified atom stereocenters. The lowest BCUT2D eigenvalue weighted by atomic mass is 9.60. The molecule has 1 atom stereocenters. The Bertz CT molecular complexity index is 1130. The molecule has 0 bridgehead atoms. The lowest BCUT2D eigenvalue weighted by Crippen LogP contribution is -2.66. The monoisotopic (exact) mass is 547 g/mol. The first-order valence-corrected chi connectivity index (χ1v) is 13.1. The average molecular weight is 548 g/mol. The van der Waals surface area contributed by atoms with E-state index >= 15 is 0 Å². The highest BCUT2D eigenvalue weighted by Crippen LogP contribution is 2.48. The zero-order valence-electron chi connectivity index (χ0n) is 20.6. The molecule has 11 heteroatoms. The van der Waals surface area contributed by atoms with Gasteiger partial charge in [0.25, 0.3) is 5.91 Å². The number of urea groups is 1. The van der Waals surface area contributed by atoms with Gasteiger partial charge >= 0.3 is 6.03 Å². The Morgan fingerprint density at radius 1 is 1.27 bits per heavy atom. The third-order valence-electron chi connectivity index (χ3n) is 6.72. The molecule has 1 saturated heterocycles. The van der Waals surface area contributed by atoms with Crippen LogP contribution >= 0.6 is 23.2 Å². The lowest BCUT2D eigenvalue weighted by molar-refractivity contribution is -0.128. The van der Waals surface area contributed by atoms with Crippen LogP contribution in [0.3, 0.4) is 0 Å². The molecule has 2 aliphatic rings. The van der Waals surface area contributed by atoms with Crippen LogP contribution < -0.4 is 20.7 Å². The molecular weight excluding hydrogens is 517 g/mol. The van der Waals surface area contributed by atoms with Crippen molar-refractivity contribution in [1.29, 1.82) is 0 Å². The number of pyridine rings is 1. The molecule has 1 aromatic heterocycles. The molecule has 2 aromatic rings. The van der Waals surface area contributed by atoms with Gasteiger partial charge in [0.15, 0.2) is 6.10 Å². The normalized spacial score (nSPS) is 17.3. The Kier molecular flexibility index (Phi) is 8.89. The Labute approximate surface area is 226 Å². The number of carbonyl (C=O) groups is 3. The van der Waals surface area contributed by atoms with Gasteiger partial charge in [-0.2, -0.15) is 0 Å². The number of benzene rings is 1. The van der Waals surface area contributed by atoms with Crippen molar-refractivity contribution in [1.82, 2.24) is 20.5 Å². The number of nitrogens with zero attached hydrogens (tertiary/aromatic N) is 2. The van der Waals surface area contributed by atoms with Crippen LogP contribution in [-0.2, 0) is 16.1 Å². The maximum absolute atomic E-state index is 12.7. The highest BCUT2D eigenvalue weighted by atomic mass is 35.5. The van der Waals surface area contributed by atoms with Crippen LogP contribution in [0.5, 0.6) is 5.88 Å². The predicted molar refractivity (Wildman–Crippen MR) is 142 cm³/mol. The Balaban J connectivity index is 1.20. The van der Waals surface area contributed by atoms with Gasteiger partial charge in [-0.25, -0.2) is 9.78 Å². The van der Waals surface area contributed by atoms with Crippen molar-refractivity contribution in [3.05, 3.63) is 52.1 Å². The fraction of sp³-hybridized carbons (Fsp3) is 0.462. The number of aromatic nitrogens is 1. The van der Waals surface area contributed by atoms with Gasteiger partial charge in [-0.05, 0) is 48.4 Å². The molecule has 3 amide bonds. The number of aldehydes is 1. The highest BCUT2D eigenvalue weighted by molar-refractivity contribution is 6.35. The van der Waals surface area contributed by atoms with E-state index in [9.17, 15) is 14.4 Å². The molecular formula is C26H31Cl2N5O4. The summed E-state index contributed by atoms with van der Waals surface area (Å²) < 4.78 is 5.68. The van der Waals surface area contributed by atoms with Crippen molar-refractivity contribution in [2.45, 2.75) is 51.3 Å². The number of nitrogens with one attached hydrogen (secondary N) is 3. The summed E-state index contributed by atoms with van der Waals surface area (Å²) in [5, 5.41) is 9.38. The van der Waals surface area contributed by atoms with Crippen molar-refractivity contribution in [2.24, 2.45) is 5.41 Å². The second-order valence-electron chi connectivity index (χ2n) is 9.74. The maximum atomic E-state index is 12.7. The van der Waals surface area contributed by atoms with E-state index in [1.54, 1.807) is 6.07 Å². The van der Waals surface area contributed by atoms with Gasteiger partial charge in [-0.3, -0.25) is 4.79 Å². The van der Waals surface area contributed by atoms with E-state index in [2.05, 4.69) is 25.8 Å². The molecule has 198 valence electrons. The van der Waals surface area contributed by atoms with Crippen LogP contribution in [-0.4, -0.2) is 59.9 Å². The molecule has 1 aliphatic heterocycles. The van der Waals surface area contributed by atoms with Crippen LogP contribution in [0.15, 0.2) is 36.5 Å². The minimum atomic E-state index is -0.767. The van der Waals surface area contributed by atoms with E-state index in [4.69, 9.17) is 27.9 Å². The maximum Gasteiger partial charge on any atom is 0.319 e. The van der Waals surface area contributed by atoms with Crippen molar-refractivity contribution in [3.63, 3.8) is 0 Å². The summed E-state index contributed by atoms with van der Waals surface area (Å²) in [7, 11) is 0. The number of ether oxygens (including phenoxy) is 1. The van der Waals surface area contributed by atoms with Gasteiger partial charge in [0.05, 0.1) is 5.02 Å². The predicted octanol–water partition coefficient (Wildman–Crippen LogP) is 4.04. The van der Waals surface area contributed by atoms with E-state index in [1.165, 1.54) is 12.3 Å². The van der Waals surface area contributed by atoms with Crippen LogP contribution in [0.2, 0.25) is 10.0 Å². The van der Waals surface area contributed by atoms with E-state index in [1.807, 2.05) is 25.1 Å². The summed E-state index contributed by atoms with van der Waals surface area (Å²) in [6, 6.07) is 8.73. The summed E-state index contributed by atoms with van der Waals surface area (Å²) in [5.41, 5.74) is 1.77. The molecule has 2 fully saturated rings. The molecule has 37 heavy (non-hydrogen) atoms. The minimum Gasteiger partial charge on any atom is -0.463 e. The number of carbonyl (C=O) groups excluding carboxylic acids is 3. The quantitative estimate of drug-likeness (QED) is 0.366. The van der Waals surface area contributed by atoms with Crippen LogP contribution in [0.25, 0.3) is 0 Å². The van der Waals surface area contributed by atoms with Crippen molar-refractivity contribution in [3.8, 4) is 5.88 Å². The number of anilines is 1. The van der Waals surface area contributed by atoms with Crippen molar-refractivity contribution < 1.29 is 19.1 Å². The highest BCUT2D eigenvalue weighted by Gasteiger charge is 2.52. The number of halogens is 2. The summed E-state index contributed by atoms with van der Waals surface area (Å²) in [4.78, 5) is 42.0. The molecule has 3 N–H and O–H groups in total. The summed E-state index contributed by atoms with van der Waals surface area (Å²) in [6.07, 6.45) is 4.51. The zero-order valence-corrected chi connectivity index (χ0v) is 22.1. The third-order valence-corrected chi connectivity index (χ3v) is 7.20. The van der Waals surface area contributed by atoms with Gasteiger partial charge < -0.3 is 30.4 Å². The molecule has 2 heterocycles. The summed E-state index contributed by atoms with van der Waals surface area (Å²) >= 11 is 12.0. The Morgan fingerprint density at radius 2 is 2.05 bits per heavy atom. The van der Waals surface area contributed by atoms with Gasteiger partial charge in [0.2, 0.25) is 5.88 Å². The number of likely N-dealkylation sites (tertiary alicyclic amines) is 1. The SMILES string of the molecule is CCC(Oc1ncc(Cl)cc1Cl)C(=O)NCc1cccc(NC(=O)NC2CC3(C2)CN(CCC=O)C3)c1. The number of amides is 3. The van der Waals surface area contributed by atoms with E-state index < -0.39 is 6.10 Å². The minimum absolute atomic E-state index is 0.148. The largest absolute Gasteiger partial charge is 0.463 e. The topological polar surface area (TPSA) is 113 Å². The second kappa shape index (κ2) is 12.1. The van der Waals surface area contributed by atoms with Crippen LogP contribution in [0.1, 0.15) is 38.2 Å². The second-order valence-corrected chi connectivity index (χ2v) is 10.6. The lowest BCUT2D eigenvalue weighted by Gasteiger charge is -2.59. The van der Waals surface area contributed by atoms with Gasteiger partial charge in [0.1, 0.15) is 11.3 Å². The van der Waals surface area contributed by atoms with E-state index in [0.29, 0.717) is 29.0 Å². The summed E-state index contributed by atoms with van der Waals surface area (Å²) in [6.45, 7) is 4.92. The first kappa shape index (κ1) is 27.2. The van der Waals surface area contributed by atoms with Crippen molar-refractivity contribution in [2.75, 3.05) is 25.0 Å². The van der Waals surface area contributed by atoms with Crippen LogP contribution in [0.4, 0.5) is 10.5 Å². The summed E-state index contributed by atoms with van der Waals surface area (Å²) in [5.74, 6) is -0.152. The van der Waals surface area contributed by atoms with Crippen LogP contribution in [0, 0.1) is 5.41 Å². The molecule has 1 aromatic carbocycles. The molecule has 0 radical (unpaired) electrons. The molecule has 1 spiro atoms. The third kappa shape index (κ3) is 7.12. The standard InChI is InChI=1S/C26H31Cl2N5O4/c1-2-22(37-24-21(28)10-18(27)14-30-24)23(35)29-13-17-5-3-6-19(9-17)31-25(36)32-20-11-26(12-20)15-33(16-26)7-4-8-34/h3,5-6,8-10,14,20,22H,2,4,7,11-13,15-16H2,1H3,(H,29,35)(H2,31,32,36). The Hall–Kier alpha value is -2.88. The first-order valence-electron chi connectivity index (χ1n) is 12.4. The number of hydrogen-bond donors (Lipinski definition) is 3. The molecule has 1 saturated carbocycles. The smallest absolute Gasteiger partial charge is 0.319 e. The van der Waals surface area contributed by atoms with Crippen molar-refractivity contribution >= 4 is 47.1 Å². The first-order chi connectivity index (χ1) is 17.8. The molecule has 4 rings (SSSR count). The molecule has 9 nitrogen and oxygen atoms in total. The van der Waals surface area contributed by atoms with E-state index in [-0.39, 0.29) is 35.4 Å². The van der Waals surface area contributed by atoms with Gasteiger partial charge in [0, 0.05) is 50.5 Å². The zero-order chi connectivity index (χ0) is 26.4. The fourth-order valence-corrected chi connectivity index (χ4v) is 5.43. The molecule has 1 aliphatic carbocycles. The average Bonchev–Trinajstić information content (AvgIpc) is 2.82. The fourth-order valence-electron chi connectivity index (χ4n) is 5.00. The van der Waals surface area contributed by atoms with Gasteiger partial charge in [-0.15, -0.1) is 0 Å².